The fourth-order valence-electron chi connectivity index (χ4n) is 2.20. The van der Waals surface area contributed by atoms with Crippen molar-refractivity contribution in [3.8, 4) is 0 Å². The van der Waals surface area contributed by atoms with Gasteiger partial charge in [0.2, 0.25) is 0 Å². The van der Waals surface area contributed by atoms with Crippen LogP contribution >= 0.6 is 11.3 Å². The quantitative estimate of drug-likeness (QED) is 0.841. The molecule has 0 bridgehead atoms. The molecule has 1 aliphatic rings. The topological polar surface area (TPSA) is 47.6 Å². The van der Waals surface area contributed by atoms with E-state index in [2.05, 4.69) is 23.0 Å². The molecule has 1 atom stereocenters. The lowest BCUT2D eigenvalue weighted by Gasteiger charge is -2.34. The van der Waals surface area contributed by atoms with E-state index in [4.69, 9.17) is 4.74 Å². The van der Waals surface area contributed by atoms with E-state index in [9.17, 15) is 4.79 Å². The van der Waals surface area contributed by atoms with Crippen molar-refractivity contribution in [1.29, 1.82) is 0 Å². The predicted octanol–water partition coefficient (Wildman–Crippen LogP) is 2.12. The van der Waals surface area contributed by atoms with Gasteiger partial charge < -0.3 is 14.8 Å². The van der Waals surface area contributed by atoms with Crippen molar-refractivity contribution < 1.29 is 14.3 Å². The third-order valence-corrected chi connectivity index (χ3v) is 4.48. The van der Waals surface area contributed by atoms with Crippen LogP contribution in [-0.4, -0.2) is 31.8 Å². The Morgan fingerprint density at radius 2 is 2.32 bits per heavy atom. The van der Waals surface area contributed by atoms with Gasteiger partial charge in [-0.1, -0.05) is 0 Å². The second-order valence-corrected chi connectivity index (χ2v) is 6.44. The lowest BCUT2D eigenvalue weighted by molar-refractivity contribution is -0.139. The molecule has 0 aliphatic carbocycles. The van der Waals surface area contributed by atoms with Crippen molar-refractivity contribution in [1.82, 2.24) is 5.32 Å². The fraction of sp³-hybridized carbons (Fsp3) is 0.643. The van der Waals surface area contributed by atoms with Gasteiger partial charge >= 0.3 is 5.97 Å². The van der Waals surface area contributed by atoms with Crippen LogP contribution in [0.4, 0.5) is 0 Å². The number of carbonyl (C=O) groups is 1. The van der Waals surface area contributed by atoms with Crippen molar-refractivity contribution in [2.75, 3.05) is 20.3 Å². The summed E-state index contributed by atoms with van der Waals surface area (Å²) in [6.07, 6.45) is 2.62. The average Bonchev–Trinajstić information content (AvgIpc) is 2.85. The molecule has 0 amide bonds. The van der Waals surface area contributed by atoms with Crippen LogP contribution in [0.15, 0.2) is 12.1 Å². The van der Waals surface area contributed by atoms with Crippen LogP contribution in [0.1, 0.15) is 29.5 Å². The molecule has 2 heterocycles. The van der Waals surface area contributed by atoms with Gasteiger partial charge in [-0.25, -0.2) is 0 Å². The molecule has 1 aromatic heterocycles. The Hall–Kier alpha value is -0.910. The van der Waals surface area contributed by atoms with Crippen LogP contribution in [0.3, 0.4) is 0 Å². The molecule has 1 unspecified atom stereocenters. The number of carbonyl (C=O) groups excluding carboxylic acids is 1. The number of nitrogens with one attached hydrogen (secondary N) is 1. The molecule has 0 spiro atoms. The van der Waals surface area contributed by atoms with Crippen LogP contribution in [0.2, 0.25) is 0 Å². The zero-order valence-electron chi connectivity index (χ0n) is 11.5. The molecule has 106 valence electrons. The van der Waals surface area contributed by atoms with Crippen LogP contribution in [0.5, 0.6) is 0 Å². The Kier molecular flexibility index (Phi) is 4.96. The highest BCUT2D eigenvalue weighted by Gasteiger charge is 2.26. The lowest BCUT2D eigenvalue weighted by Crippen LogP contribution is -2.48. The van der Waals surface area contributed by atoms with E-state index in [1.54, 1.807) is 11.3 Å². The zero-order chi connectivity index (χ0) is 13.7. The van der Waals surface area contributed by atoms with E-state index in [1.807, 2.05) is 6.07 Å². The summed E-state index contributed by atoms with van der Waals surface area (Å²) in [6.45, 7) is 4.67. The molecule has 1 fully saturated rings. The number of methoxy groups -OCH3 is 1. The first-order chi connectivity index (χ1) is 9.11. The van der Waals surface area contributed by atoms with Gasteiger partial charge in [-0.2, -0.15) is 0 Å². The molecule has 19 heavy (non-hydrogen) atoms. The molecule has 5 heteroatoms. The molecule has 1 saturated heterocycles. The molecule has 4 nitrogen and oxygen atoms in total. The highest BCUT2D eigenvalue weighted by atomic mass is 32.1. The van der Waals surface area contributed by atoms with E-state index >= 15 is 0 Å². The van der Waals surface area contributed by atoms with Crippen molar-refractivity contribution in [3.05, 3.63) is 21.9 Å². The first-order valence-electron chi connectivity index (χ1n) is 6.58. The maximum absolute atomic E-state index is 11.2. The summed E-state index contributed by atoms with van der Waals surface area (Å²) in [5, 5.41) is 3.56. The largest absolute Gasteiger partial charge is 0.469 e. The van der Waals surface area contributed by atoms with Crippen molar-refractivity contribution in [2.45, 2.75) is 38.3 Å². The van der Waals surface area contributed by atoms with Crippen LogP contribution < -0.4 is 5.32 Å². The smallest absolute Gasteiger partial charge is 0.310 e. The summed E-state index contributed by atoms with van der Waals surface area (Å²) in [5.74, 6) is -0.186. The van der Waals surface area contributed by atoms with Crippen molar-refractivity contribution >= 4 is 17.3 Å². The number of hydrogen-bond donors (Lipinski definition) is 1. The summed E-state index contributed by atoms with van der Waals surface area (Å²) in [7, 11) is 1.42. The Balaban J connectivity index is 1.84. The van der Waals surface area contributed by atoms with Crippen LogP contribution in [0.25, 0.3) is 0 Å². The summed E-state index contributed by atoms with van der Waals surface area (Å²) in [6, 6.07) is 4.07. The van der Waals surface area contributed by atoms with Gasteiger partial charge in [0.1, 0.15) is 0 Å². The van der Waals surface area contributed by atoms with E-state index in [-0.39, 0.29) is 11.5 Å². The summed E-state index contributed by atoms with van der Waals surface area (Å²) < 4.78 is 10.2. The number of thiophene rings is 1. The Morgan fingerprint density at radius 1 is 1.53 bits per heavy atom. The standard InChI is InChI=1S/C14H21NO3S/c1-14(6-3-7-18-10-14)15-9-12-5-4-11(19-12)8-13(16)17-2/h4-5,15H,3,6-10H2,1-2H3. The Bertz CT molecular complexity index is 424. The van der Waals surface area contributed by atoms with Crippen LogP contribution in [-0.2, 0) is 27.2 Å². The first-order valence-corrected chi connectivity index (χ1v) is 7.40. The Labute approximate surface area is 118 Å². The minimum absolute atomic E-state index is 0.0742. The van der Waals surface area contributed by atoms with Gasteiger partial charge in [0.25, 0.3) is 0 Å². The van der Waals surface area contributed by atoms with Gasteiger partial charge in [0.15, 0.2) is 0 Å². The van der Waals surface area contributed by atoms with E-state index in [0.29, 0.717) is 6.42 Å². The third-order valence-electron chi connectivity index (χ3n) is 3.39. The molecule has 0 saturated carbocycles. The second-order valence-electron chi connectivity index (χ2n) is 5.19. The van der Waals surface area contributed by atoms with Crippen molar-refractivity contribution in [3.63, 3.8) is 0 Å². The van der Waals surface area contributed by atoms with E-state index in [1.165, 1.54) is 12.0 Å². The normalized spacial score (nSPS) is 23.3. The zero-order valence-corrected chi connectivity index (χ0v) is 12.3. The maximum Gasteiger partial charge on any atom is 0.310 e. The molecular formula is C14H21NO3S. The fourth-order valence-corrected chi connectivity index (χ4v) is 3.14. The maximum atomic E-state index is 11.2. The second kappa shape index (κ2) is 6.50. The van der Waals surface area contributed by atoms with Crippen LogP contribution in [0, 0.1) is 0 Å². The lowest BCUT2D eigenvalue weighted by atomic mass is 9.95. The highest BCUT2D eigenvalue weighted by molar-refractivity contribution is 7.12. The average molecular weight is 283 g/mol. The molecule has 2 rings (SSSR count). The molecule has 1 aromatic rings. The summed E-state index contributed by atoms with van der Waals surface area (Å²) in [5.41, 5.74) is 0.0742. The molecular weight excluding hydrogens is 262 g/mol. The highest BCUT2D eigenvalue weighted by Crippen LogP contribution is 2.21. The van der Waals surface area contributed by atoms with Gasteiger partial charge in [-0.3, -0.25) is 4.79 Å². The first kappa shape index (κ1) is 14.5. The third kappa shape index (κ3) is 4.30. The van der Waals surface area contributed by atoms with E-state index < -0.39 is 0 Å². The number of rotatable bonds is 5. The predicted molar refractivity (Wildman–Crippen MR) is 75.3 cm³/mol. The van der Waals surface area contributed by atoms with Crippen molar-refractivity contribution in [2.24, 2.45) is 0 Å². The minimum atomic E-state index is -0.186. The van der Waals surface area contributed by atoms with Gasteiger partial charge in [0.05, 0.1) is 20.1 Å². The number of hydrogen-bond acceptors (Lipinski definition) is 5. The monoisotopic (exact) mass is 283 g/mol. The van der Waals surface area contributed by atoms with Gasteiger partial charge in [-0.15, -0.1) is 11.3 Å². The minimum Gasteiger partial charge on any atom is -0.469 e. The van der Waals surface area contributed by atoms with Gasteiger partial charge in [-0.05, 0) is 31.9 Å². The number of ether oxygens (including phenoxy) is 2. The number of esters is 1. The molecule has 0 aromatic carbocycles. The summed E-state index contributed by atoms with van der Waals surface area (Å²) in [4.78, 5) is 13.5. The molecule has 1 N–H and O–H groups in total. The Morgan fingerprint density at radius 3 is 3.00 bits per heavy atom. The SMILES string of the molecule is COC(=O)Cc1ccc(CNC2(C)CCCOC2)s1. The summed E-state index contributed by atoms with van der Waals surface area (Å²) >= 11 is 1.66. The van der Waals surface area contributed by atoms with Gasteiger partial charge in [0, 0.05) is 28.4 Å². The molecule has 0 radical (unpaired) electrons. The molecule has 1 aliphatic heterocycles. The van der Waals surface area contributed by atoms with E-state index in [0.717, 1.165) is 37.5 Å².